The molecule has 2 aliphatic rings. The number of hydrogen-bond donors (Lipinski definition) is 2. The molecule has 1 aliphatic heterocycles. The van der Waals surface area contributed by atoms with E-state index in [2.05, 4.69) is 17.6 Å². The zero-order chi connectivity index (χ0) is 19.7. The molecule has 0 spiro atoms. The minimum Gasteiger partial charge on any atom is -0.353 e. The molecule has 0 bridgehead atoms. The van der Waals surface area contributed by atoms with E-state index in [1.807, 2.05) is 6.92 Å². The molecule has 1 aliphatic carbocycles. The number of rotatable bonds is 4. The van der Waals surface area contributed by atoms with Gasteiger partial charge in [0.05, 0.1) is 4.92 Å². The van der Waals surface area contributed by atoms with Crippen molar-refractivity contribution in [3.05, 3.63) is 38.9 Å². The summed E-state index contributed by atoms with van der Waals surface area (Å²) < 4.78 is 0. The summed E-state index contributed by atoms with van der Waals surface area (Å²) in [6.07, 6.45) is 3.16. The van der Waals surface area contributed by atoms with Crippen molar-refractivity contribution in [2.24, 2.45) is 17.8 Å². The Bertz CT molecular complexity index is 769. The van der Waals surface area contributed by atoms with Gasteiger partial charge in [0.1, 0.15) is 5.56 Å². The van der Waals surface area contributed by atoms with Crippen LogP contribution < -0.4 is 10.6 Å². The quantitative estimate of drug-likeness (QED) is 0.605. The normalized spacial score (nSPS) is 30.2. The molecule has 146 valence electrons. The highest BCUT2D eigenvalue weighted by Crippen LogP contribution is 2.39. The molecule has 0 aromatic heterocycles. The third-order valence-corrected chi connectivity index (χ3v) is 6.29. The molecule has 1 saturated carbocycles. The van der Waals surface area contributed by atoms with Gasteiger partial charge in [0.15, 0.2) is 0 Å². The zero-order valence-corrected chi connectivity index (χ0v) is 16.2. The van der Waals surface area contributed by atoms with Crippen molar-refractivity contribution in [2.45, 2.75) is 51.6 Å². The van der Waals surface area contributed by atoms with Gasteiger partial charge in [0.25, 0.3) is 11.6 Å². The molecular formula is C19H24ClN3O4. The summed E-state index contributed by atoms with van der Waals surface area (Å²) in [6.45, 7) is 4.17. The van der Waals surface area contributed by atoms with Gasteiger partial charge >= 0.3 is 0 Å². The summed E-state index contributed by atoms with van der Waals surface area (Å²) in [5.41, 5.74) is -0.308. The summed E-state index contributed by atoms with van der Waals surface area (Å²) in [6, 6.07) is 3.84. The first-order chi connectivity index (χ1) is 12.8. The first-order valence-corrected chi connectivity index (χ1v) is 9.74. The molecule has 5 unspecified atom stereocenters. The average molecular weight is 394 g/mol. The first-order valence-electron chi connectivity index (χ1n) is 9.37. The van der Waals surface area contributed by atoms with Gasteiger partial charge in [-0.15, -0.1) is 0 Å². The lowest BCUT2D eigenvalue weighted by atomic mass is 9.67. The lowest BCUT2D eigenvalue weighted by Gasteiger charge is -2.46. The van der Waals surface area contributed by atoms with E-state index in [-0.39, 0.29) is 40.2 Å². The number of nitrogens with one attached hydrogen (secondary N) is 2. The summed E-state index contributed by atoms with van der Waals surface area (Å²) in [7, 11) is 0. The Labute approximate surface area is 163 Å². The highest BCUT2D eigenvalue weighted by molar-refractivity contribution is 6.31. The predicted molar refractivity (Wildman–Crippen MR) is 102 cm³/mol. The number of nitrogens with zero attached hydrogens (tertiary/aromatic N) is 1. The number of nitro groups is 1. The number of piperidine rings is 1. The van der Waals surface area contributed by atoms with Crippen LogP contribution in [0.2, 0.25) is 5.02 Å². The highest BCUT2D eigenvalue weighted by Gasteiger charge is 2.43. The van der Waals surface area contributed by atoms with Crippen LogP contribution in [-0.2, 0) is 4.79 Å². The lowest BCUT2D eigenvalue weighted by molar-refractivity contribution is -0.385. The van der Waals surface area contributed by atoms with Crippen molar-refractivity contribution >= 4 is 29.1 Å². The van der Waals surface area contributed by atoms with Gasteiger partial charge in [-0.25, -0.2) is 0 Å². The number of nitro benzene ring substituents is 1. The zero-order valence-electron chi connectivity index (χ0n) is 15.4. The maximum absolute atomic E-state index is 12.6. The Morgan fingerprint density at radius 3 is 2.81 bits per heavy atom. The molecule has 0 radical (unpaired) electrons. The molecular weight excluding hydrogens is 370 g/mol. The van der Waals surface area contributed by atoms with Crippen molar-refractivity contribution in [3.63, 3.8) is 0 Å². The smallest absolute Gasteiger partial charge is 0.282 e. The molecule has 1 aromatic rings. The number of fused-ring (bicyclic) bond motifs is 1. The van der Waals surface area contributed by atoms with Gasteiger partial charge in [-0.3, -0.25) is 19.7 Å². The molecule has 7 nitrogen and oxygen atoms in total. The highest BCUT2D eigenvalue weighted by atomic mass is 35.5. The van der Waals surface area contributed by atoms with Crippen LogP contribution in [0.5, 0.6) is 0 Å². The van der Waals surface area contributed by atoms with Crippen molar-refractivity contribution < 1.29 is 14.5 Å². The van der Waals surface area contributed by atoms with E-state index < -0.39 is 10.8 Å². The standard InChI is InChI=1S/C19H24ClN3O4/c1-3-13-10(2)14-6-5-12(9-16(14)22-18(13)24)21-19(25)15-8-11(20)4-7-17(15)23(26)27/h4,7-8,10,12-14,16H,3,5-6,9H2,1-2H3,(H,21,25)(H,22,24). The fourth-order valence-electron chi connectivity index (χ4n) is 4.62. The van der Waals surface area contributed by atoms with Gasteiger partial charge in [-0.05, 0) is 49.7 Å². The number of carbonyl (C=O) groups excluding carboxylic acids is 2. The Kier molecular flexibility index (Phi) is 5.69. The van der Waals surface area contributed by atoms with Gasteiger partial charge in [-0.1, -0.05) is 25.4 Å². The maximum Gasteiger partial charge on any atom is 0.282 e. The lowest BCUT2D eigenvalue weighted by Crippen LogP contribution is -2.58. The van der Waals surface area contributed by atoms with Crippen LogP contribution in [0.1, 0.15) is 49.9 Å². The number of carbonyl (C=O) groups is 2. The summed E-state index contributed by atoms with van der Waals surface area (Å²) >= 11 is 5.91. The fourth-order valence-corrected chi connectivity index (χ4v) is 4.79. The van der Waals surface area contributed by atoms with Crippen LogP contribution in [0.3, 0.4) is 0 Å². The van der Waals surface area contributed by atoms with E-state index in [0.717, 1.165) is 19.3 Å². The Balaban J connectivity index is 1.70. The first kappa shape index (κ1) is 19.6. The third-order valence-electron chi connectivity index (χ3n) is 6.05. The van der Waals surface area contributed by atoms with E-state index in [1.54, 1.807) is 0 Å². The molecule has 1 aromatic carbocycles. The van der Waals surface area contributed by atoms with Crippen LogP contribution in [-0.4, -0.2) is 28.8 Å². The largest absolute Gasteiger partial charge is 0.353 e. The molecule has 8 heteroatoms. The predicted octanol–water partition coefficient (Wildman–Crippen LogP) is 3.31. The topological polar surface area (TPSA) is 101 Å². The monoisotopic (exact) mass is 393 g/mol. The van der Waals surface area contributed by atoms with Gasteiger partial charge in [0, 0.05) is 29.1 Å². The number of hydrogen-bond acceptors (Lipinski definition) is 4. The molecule has 2 amide bonds. The van der Waals surface area contributed by atoms with E-state index in [1.165, 1.54) is 18.2 Å². The Morgan fingerprint density at radius 1 is 1.41 bits per heavy atom. The van der Waals surface area contributed by atoms with Crippen molar-refractivity contribution in [3.8, 4) is 0 Å². The van der Waals surface area contributed by atoms with Gasteiger partial charge < -0.3 is 10.6 Å². The minimum absolute atomic E-state index is 0.0312. The van der Waals surface area contributed by atoms with Gasteiger partial charge in [0.2, 0.25) is 5.91 Å². The van der Waals surface area contributed by atoms with Crippen LogP contribution in [0.25, 0.3) is 0 Å². The van der Waals surface area contributed by atoms with Crippen LogP contribution in [0.15, 0.2) is 18.2 Å². The van der Waals surface area contributed by atoms with E-state index >= 15 is 0 Å². The summed E-state index contributed by atoms with van der Waals surface area (Å²) in [5.74, 6) is 0.352. The molecule has 27 heavy (non-hydrogen) atoms. The summed E-state index contributed by atoms with van der Waals surface area (Å²) in [5, 5.41) is 17.5. The molecule has 3 rings (SSSR count). The molecule has 2 fully saturated rings. The van der Waals surface area contributed by atoms with E-state index in [9.17, 15) is 19.7 Å². The second-order valence-electron chi connectivity index (χ2n) is 7.55. The average Bonchev–Trinajstić information content (AvgIpc) is 2.61. The van der Waals surface area contributed by atoms with Crippen molar-refractivity contribution in [2.75, 3.05) is 0 Å². The van der Waals surface area contributed by atoms with E-state index in [4.69, 9.17) is 11.6 Å². The molecule has 1 saturated heterocycles. The molecule has 1 heterocycles. The SMILES string of the molecule is CCC1C(=O)NC2CC(NC(=O)c3cc(Cl)ccc3[N+](=O)[O-])CCC2C1C. The van der Waals surface area contributed by atoms with Crippen molar-refractivity contribution in [1.82, 2.24) is 10.6 Å². The third kappa shape index (κ3) is 3.93. The number of benzene rings is 1. The van der Waals surface area contributed by atoms with Crippen LogP contribution in [0, 0.1) is 27.9 Å². The number of amides is 2. The summed E-state index contributed by atoms with van der Waals surface area (Å²) in [4.78, 5) is 35.5. The van der Waals surface area contributed by atoms with Crippen LogP contribution in [0.4, 0.5) is 5.69 Å². The van der Waals surface area contributed by atoms with Crippen molar-refractivity contribution in [1.29, 1.82) is 0 Å². The number of halogens is 1. The Morgan fingerprint density at radius 2 is 2.15 bits per heavy atom. The van der Waals surface area contributed by atoms with Crippen LogP contribution >= 0.6 is 11.6 Å². The second-order valence-corrected chi connectivity index (χ2v) is 7.99. The fraction of sp³-hybridized carbons (Fsp3) is 0.579. The molecule has 2 N–H and O–H groups in total. The minimum atomic E-state index is -0.587. The van der Waals surface area contributed by atoms with E-state index in [0.29, 0.717) is 18.3 Å². The second kappa shape index (κ2) is 7.84. The Hall–Kier alpha value is -2.15. The molecule has 5 atom stereocenters. The maximum atomic E-state index is 12.6. The van der Waals surface area contributed by atoms with Gasteiger partial charge in [-0.2, -0.15) is 0 Å².